The molecule has 0 spiro atoms. The van der Waals surface area contributed by atoms with E-state index in [0.717, 1.165) is 11.1 Å². The maximum absolute atomic E-state index is 8.17. The van der Waals surface area contributed by atoms with Gasteiger partial charge < -0.3 is 0 Å². The molecule has 0 amide bonds. The lowest BCUT2D eigenvalue weighted by Crippen LogP contribution is -2.23. The summed E-state index contributed by atoms with van der Waals surface area (Å²) in [5.41, 5.74) is 4.71. The van der Waals surface area contributed by atoms with Crippen molar-refractivity contribution >= 4 is 0 Å². The molecule has 0 nitrogen and oxygen atoms in total. The second-order valence-corrected chi connectivity index (χ2v) is 4.62. The monoisotopic (exact) mass is 215 g/mol. The molecule has 0 saturated carbocycles. The molecule has 0 unspecified atom stereocenters. The van der Waals surface area contributed by atoms with Crippen LogP contribution in [0.1, 0.15) is 45.7 Å². The topological polar surface area (TPSA) is 0 Å². The van der Waals surface area contributed by atoms with Gasteiger partial charge in [-0.05, 0) is 48.5 Å². The van der Waals surface area contributed by atoms with Crippen molar-refractivity contribution in [2.24, 2.45) is 0 Å². The smallest absolute Gasteiger partial charge is 0.0337 e. The van der Waals surface area contributed by atoms with Gasteiger partial charge in [0.15, 0.2) is 0 Å². The maximum atomic E-state index is 8.17. The first kappa shape index (κ1) is 7.11. The van der Waals surface area contributed by atoms with E-state index >= 15 is 0 Å². The van der Waals surface area contributed by atoms with E-state index in [4.69, 9.17) is 5.48 Å². The first-order chi connectivity index (χ1) is 9.13. The highest BCUT2D eigenvalue weighted by Gasteiger charge is 2.35. The molecular weight excluding hydrogens is 192 g/mol. The summed E-state index contributed by atoms with van der Waals surface area (Å²) in [6.07, 6.45) is 0. The molecule has 0 bridgehead atoms. The van der Waals surface area contributed by atoms with Crippen molar-refractivity contribution in [3.63, 3.8) is 0 Å². The molecule has 0 saturated heterocycles. The minimum Gasteiger partial charge on any atom is -0.179 e. The average Bonchev–Trinajstić information content (AvgIpc) is 2.57. The Bertz CT molecular complexity index is 642. The molecule has 0 heterocycles. The van der Waals surface area contributed by atoms with Crippen LogP contribution in [0.2, 0.25) is 0 Å². The third-order valence-corrected chi connectivity index (χ3v) is 4.19. The van der Waals surface area contributed by atoms with E-state index in [1.807, 2.05) is 20.8 Å². The molecule has 0 heteroatoms. The van der Waals surface area contributed by atoms with Crippen LogP contribution >= 0.6 is 0 Å². The zero-order valence-electron chi connectivity index (χ0n) is 14.5. The Morgan fingerprint density at radius 3 is 2.19 bits per heavy atom. The molecule has 1 aliphatic rings. The fourth-order valence-corrected chi connectivity index (χ4v) is 2.47. The van der Waals surface area contributed by atoms with Crippen molar-refractivity contribution in [1.82, 2.24) is 0 Å². The predicted molar refractivity (Wildman–Crippen MR) is 69.4 cm³/mol. The molecule has 0 aliphatic heterocycles. The fourth-order valence-electron chi connectivity index (χ4n) is 2.47. The fraction of sp³-hybridized carbons (Fsp3) is 0.375. The Morgan fingerprint density at radius 2 is 1.62 bits per heavy atom. The summed E-state index contributed by atoms with van der Waals surface area (Å²) in [5, 5.41) is 0. The lowest BCUT2D eigenvalue weighted by atomic mass is 9.73. The van der Waals surface area contributed by atoms with Crippen molar-refractivity contribution in [2.75, 3.05) is 0 Å². The van der Waals surface area contributed by atoms with Gasteiger partial charge in [0.2, 0.25) is 0 Å². The van der Waals surface area contributed by atoms with Gasteiger partial charge >= 0.3 is 0 Å². The number of benzene rings is 1. The number of hydrogen-bond donors (Lipinski definition) is 0. The van der Waals surface area contributed by atoms with Crippen LogP contribution in [-0.4, -0.2) is 0 Å². The van der Waals surface area contributed by atoms with Gasteiger partial charge in [-0.1, -0.05) is 11.1 Å². The van der Waals surface area contributed by atoms with Crippen molar-refractivity contribution in [3.8, 4) is 0 Å². The molecule has 2 rings (SSSR count). The number of hydrogen-bond acceptors (Lipinski definition) is 0. The van der Waals surface area contributed by atoms with Crippen LogP contribution in [0.4, 0.5) is 0 Å². The van der Waals surface area contributed by atoms with Crippen LogP contribution in [0.3, 0.4) is 0 Å². The average molecular weight is 215 g/mol. The zero-order chi connectivity index (χ0) is 15.4. The van der Waals surface area contributed by atoms with Crippen molar-refractivity contribution in [1.29, 1.82) is 0 Å². The molecule has 1 aromatic carbocycles. The van der Waals surface area contributed by atoms with Gasteiger partial charge in [0, 0.05) is 8.16 Å². The van der Waals surface area contributed by atoms with Gasteiger partial charge in [0.25, 0.3) is 0 Å². The lowest BCUT2D eigenvalue weighted by molar-refractivity contribution is 0.665. The molecule has 0 radical (unpaired) electrons. The Morgan fingerprint density at radius 1 is 1.06 bits per heavy atom. The summed E-state index contributed by atoms with van der Waals surface area (Å²) in [7, 11) is 0. The van der Waals surface area contributed by atoms with E-state index in [-0.39, 0.29) is 24.2 Å². The van der Waals surface area contributed by atoms with Gasteiger partial charge in [-0.3, -0.25) is 0 Å². The Hall–Kier alpha value is -1.30. The van der Waals surface area contributed by atoms with Gasteiger partial charge in [0.1, 0.15) is 0 Å². The highest BCUT2D eigenvalue weighted by Crippen LogP contribution is 2.47. The molecule has 0 aromatic heterocycles. The highest BCUT2D eigenvalue weighted by atomic mass is 14.4. The van der Waals surface area contributed by atoms with Gasteiger partial charge in [-0.2, -0.15) is 30.2 Å². The van der Waals surface area contributed by atoms with E-state index in [9.17, 15) is 0 Å². The standard InChI is InChI=1S/C16H19/c1-11-12(2)14(4)16(5,13(11)3)15-9-7-6-8-10-15/h6-9H,1-5H3/q-1/i6D,7D,8D,9D. The molecular formula is C16H19-. The molecule has 0 N–H and O–H groups in total. The number of rotatable bonds is 1. The SMILES string of the molecule is [2H]c1[c-]c(C2(C)C(C)=C(C)C(C)=C2C)c([2H])c([2H])c1[2H]. The zero-order valence-corrected chi connectivity index (χ0v) is 10.5. The van der Waals surface area contributed by atoms with Gasteiger partial charge in [-0.25, -0.2) is 0 Å². The molecule has 1 aromatic rings. The third-order valence-electron chi connectivity index (χ3n) is 4.19. The Kier molecular flexibility index (Phi) is 1.61. The summed E-state index contributed by atoms with van der Waals surface area (Å²) < 4.78 is 31.5. The minimum atomic E-state index is -0.495. The van der Waals surface area contributed by atoms with Crippen LogP contribution in [0, 0.1) is 6.07 Å². The summed E-state index contributed by atoms with van der Waals surface area (Å²) in [4.78, 5) is 0. The van der Waals surface area contributed by atoms with Crippen LogP contribution in [0.5, 0.6) is 0 Å². The van der Waals surface area contributed by atoms with E-state index in [0.29, 0.717) is 5.56 Å². The first-order valence-electron chi connectivity index (χ1n) is 7.50. The van der Waals surface area contributed by atoms with Crippen molar-refractivity contribution in [2.45, 2.75) is 40.0 Å². The highest BCUT2D eigenvalue weighted by molar-refractivity contribution is 5.58. The molecule has 0 atom stereocenters. The minimum absolute atomic E-state index is 0.00898. The quantitative estimate of drug-likeness (QED) is 0.608. The second kappa shape index (κ2) is 3.62. The van der Waals surface area contributed by atoms with Crippen LogP contribution in [0.15, 0.2) is 46.5 Å². The first-order valence-corrected chi connectivity index (χ1v) is 5.50. The van der Waals surface area contributed by atoms with Crippen molar-refractivity contribution < 1.29 is 5.48 Å². The summed E-state index contributed by atoms with van der Waals surface area (Å²) in [5.74, 6) is 0. The Balaban J connectivity index is 2.82. The van der Waals surface area contributed by atoms with Crippen LogP contribution in [0.25, 0.3) is 0 Å². The van der Waals surface area contributed by atoms with Crippen LogP contribution < -0.4 is 0 Å². The summed E-state index contributed by atoms with van der Waals surface area (Å²) >= 11 is 0. The van der Waals surface area contributed by atoms with Crippen LogP contribution in [-0.2, 0) is 5.41 Å². The van der Waals surface area contributed by atoms with E-state index < -0.39 is 5.41 Å². The molecule has 1 aliphatic carbocycles. The second-order valence-electron chi connectivity index (χ2n) is 4.62. The number of allylic oxidation sites excluding steroid dienone is 4. The third kappa shape index (κ3) is 1.29. The maximum Gasteiger partial charge on any atom is 0.0337 e. The largest absolute Gasteiger partial charge is 0.179 e. The Labute approximate surface area is 104 Å². The normalized spacial score (nSPS) is 23.1. The van der Waals surface area contributed by atoms with Gasteiger partial charge in [0.05, 0.1) is 0 Å². The van der Waals surface area contributed by atoms with E-state index in [1.54, 1.807) is 0 Å². The molecule has 16 heavy (non-hydrogen) atoms. The van der Waals surface area contributed by atoms with E-state index in [1.165, 1.54) is 11.1 Å². The summed E-state index contributed by atoms with van der Waals surface area (Å²) in [6, 6.07) is 2.36. The molecule has 84 valence electrons. The summed E-state index contributed by atoms with van der Waals surface area (Å²) in [6.45, 7) is 10.2. The van der Waals surface area contributed by atoms with Gasteiger partial charge in [-0.15, -0.1) is 5.56 Å². The van der Waals surface area contributed by atoms with Crippen molar-refractivity contribution in [3.05, 3.63) is 58.1 Å². The van der Waals surface area contributed by atoms with E-state index in [2.05, 4.69) is 19.9 Å². The molecule has 0 fully saturated rings. The lowest BCUT2D eigenvalue weighted by Gasteiger charge is -2.33. The predicted octanol–water partition coefficient (Wildman–Crippen LogP) is 4.43.